The summed E-state index contributed by atoms with van der Waals surface area (Å²) in [4.78, 5) is 28.7. The third-order valence-electron chi connectivity index (χ3n) is 6.81. The van der Waals surface area contributed by atoms with Gasteiger partial charge >= 0.3 is 6.16 Å². The maximum atomic E-state index is 13.2. The minimum atomic E-state index is -1.83. The molecule has 0 bridgehead atoms. The van der Waals surface area contributed by atoms with E-state index in [1.165, 1.54) is 0 Å². The monoisotopic (exact) mass is 619 g/mol. The molecule has 1 aliphatic rings. The van der Waals surface area contributed by atoms with E-state index < -0.39 is 6.16 Å². The SMILES string of the molecule is Cc1ccccc1-c1ccc(C(=O)N[C@H]2CC[C@H](O)CC2)nc1-c1ccc(Cl)c(OCCCN(C)C)c1.Cl.O=C(O)O. The number of aryl methyl sites for hydroxylation is 1. The molecule has 0 atom stereocenters. The number of benzene rings is 2. The molecule has 0 spiro atoms. The van der Waals surface area contributed by atoms with Crippen LogP contribution in [0.2, 0.25) is 5.02 Å². The number of aliphatic hydroxyl groups is 1. The van der Waals surface area contributed by atoms with Gasteiger partial charge in [-0.05, 0) is 88.5 Å². The van der Waals surface area contributed by atoms with Gasteiger partial charge in [0.1, 0.15) is 11.4 Å². The Kier molecular flexibility index (Phi) is 14.0. The van der Waals surface area contributed by atoms with Gasteiger partial charge in [-0.1, -0.05) is 41.9 Å². The molecule has 0 radical (unpaired) electrons. The van der Waals surface area contributed by atoms with Gasteiger partial charge in [0.05, 0.1) is 23.4 Å². The summed E-state index contributed by atoms with van der Waals surface area (Å²) in [6.45, 7) is 3.55. The third-order valence-corrected chi connectivity index (χ3v) is 7.12. The highest BCUT2D eigenvalue weighted by molar-refractivity contribution is 6.32. The minimum Gasteiger partial charge on any atom is -0.492 e. The van der Waals surface area contributed by atoms with Gasteiger partial charge in [0, 0.05) is 23.7 Å². The number of carboxylic acid groups (broad SMARTS) is 2. The number of amides is 1. The van der Waals surface area contributed by atoms with E-state index >= 15 is 0 Å². The number of nitrogens with zero attached hydrogens (tertiary/aromatic N) is 2. The van der Waals surface area contributed by atoms with Crippen LogP contribution in [0.5, 0.6) is 5.75 Å². The zero-order chi connectivity index (χ0) is 29.9. The minimum absolute atomic E-state index is 0. The molecule has 4 rings (SSSR count). The largest absolute Gasteiger partial charge is 0.503 e. The van der Waals surface area contributed by atoms with Crippen molar-refractivity contribution in [2.45, 2.75) is 51.2 Å². The number of nitrogens with one attached hydrogen (secondary N) is 1. The van der Waals surface area contributed by atoms with E-state index in [4.69, 9.17) is 36.3 Å². The number of carbonyl (C=O) groups excluding carboxylic acids is 1. The molecule has 2 aromatic carbocycles. The number of carbonyl (C=O) groups is 2. The lowest BCUT2D eigenvalue weighted by Crippen LogP contribution is -2.38. The molecule has 228 valence electrons. The van der Waals surface area contributed by atoms with Crippen LogP contribution in [0.15, 0.2) is 54.6 Å². The van der Waals surface area contributed by atoms with Crippen molar-refractivity contribution in [2.24, 2.45) is 0 Å². The van der Waals surface area contributed by atoms with E-state index in [0.29, 0.717) is 41.6 Å². The second-order valence-corrected chi connectivity index (χ2v) is 10.7. The number of aromatic nitrogens is 1. The lowest BCUT2D eigenvalue weighted by molar-refractivity contribution is 0.0863. The van der Waals surface area contributed by atoms with Gasteiger partial charge in [-0.15, -0.1) is 12.4 Å². The summed E-state index contributed by atoms with van der Waals surface area (Å²) in [5.41, 5.74) is 5.02. The molecular weight excluding hydrogens is 581 g/mol. The van der Waals surface area contributed by atoms with Crippen molar-refractivity contribution in [3.8, 4) is 28.1 Å². The summed E-state index contributed by atoms with van der Waals surface area (Å²) in [5, 5.41) is 27.4. The summed E-state index contributed by atoms with van der Waals surface area (Å²) in [6.07, 6.45) is 1.74. The van der Waals surface area contributed by atoms with Crippen LogP contribution >= 0.6 is 24.0 Å². The maximum Gasteiger partial charge on any atom is 0.503 e. The number of ether oxygens (including phenoxy) is 1. The Morgan fingerprint density at radius 2 is 1.69 bits per heavy atom. The molecule has 9 nitrogen and oxygen atoms in total. The first-order chi connectivity index (χ1) is 19.5. The van der Waals surface area contributed by atoms with Crippen molar-refractivity contribution in [2.75, 3.05) is 27.2 Å². The Bertz CT molecular complexity index is 1330. The zero-order valence-electron chi connectivity index (χ0n) is 24.0. The van der Waals surface area contributed by atoms with E-state index in [2.05, 4.69) is 29.3 Å². The Balaban J connectivity index is 0.00000116. The first-order valence-corrected chi connectivity index (χ1v) is 14.0. The highest BCUT2D eigenvalue weighted by Crippen LogP contribution is 2.36. The molecule has 1 fully saturated rings. The second kappa shape index (κ2) is 16.9. The smallest absolute Gasteiger partial charge is 0.492 e. The molecule has 0 aliphatic heterocycles. The van der Waals surface area contributed by atoms with Crippen molar-refractivity contribution in [3.63, 3.8) is 0 Å². The molecule has 42 heavy (non-hydrogen) atoms. The van der Waals surface area contributed by atoms with Crippen LogP contribution in [0.3, 0.4) is 0 Å². The first kappa shape index (κ1) is 34.8. The summed E-state index contributed by atoms with van der Waals surface area (Å²) < 4.78 is 6.02. The van der Waals surface area contributed by atoms with E-state index in [9.17, 15) is 9.90 Å². The Morgan fingerprint density at radius 3 is 2.33 bits per heavy atom. The van der Waals surface area contributed by atoms with Crippen LogP contribution in [0.1, 0.15) is 48.2 Å². The number of hydrogen-bond acceptors (Lipinski definition) is 6. The molecule has 1 amide bonds. The van der Waals surface area contributed by atoms with E-state index in [-0.39, 0.29) is 30.5 Å². The van der Waals surface area contributed by atoms with Crippen molar-refractivity contribution in [3.05, 3.63) is 70.9 Å². The summed E-state index contributed by atoms with van der Waals surface area (Å²) in [6, 6.07) is 17.6. The van der Waals surface area contributed by atoms with Crippen molar-refractivity contribution < 1.29 is 29.6 Å². The third kappa shape index (κ3) is 10.5. The highest BCUT2D eigenvalue weighted by atomic mass is 35.5. The fraction of sp³-hybridized carbons (Fsp3) is 0.387. The standard InChI is InChI=1S/C30H36ClN3O3.CH2O3.ClH/c1-20-7-4-5-8-24(20)25-14-16-27(30(36)32-22-10-12-23(35)13-11-22)33-29(25)21-9-15-26(31)28(19-21)37-18-6-17-34(2)3;2-1(3)4;/h4-5,7-9,14-16,19,22-23,35H,6,10-13,17-18H2,1-3H3,(H,32,36);(H2,2,3,4);1H/t22-,23-;;. The lowest BCUT2D eigenvalue weighted by Gasteiger charge is -2.26. The van der Waals surface area contributed by atoms with Gasteiger partial charge in [0.15, 0.2) is 0 Å². The predicted octanol–water partition coefficient (Wildman–Crippen LogP) is 6.39. The van der Waals surface area contributed by atoms with E-state index in [1.54, 1.807) is 6.07 Å². The molecule has 1 saturated carbocycles. The predicted molar refractivity (Wildman–Crippen MR) is 167 cm³/mol. The molecule has 0 unspecified atom stereocenters. The highest BCUT2D eigenvalue weighted by Gasteiger charge is 2.23. The molecule has 1 aliphatic carbocycles. The van der Waals surface area contributed by atoms with Gasteiger partial charge < -0.3 is 30.3 Å². The molecule has 0 saturated heterocycles. The number of aliphatic hydroxyl groups excluding tert-OH is 1. The molecule has 3 aromatic rings. The van der Waals surface area contributed by atoms with Crippen LogP contribution in [0, 0.1) is 6.92 Å². The Hall–Kier alpha value is -3.37. The first-order valence-electron chi connectivity index (χ1n) is 13.6. The molecule has 4 N–H and O–H groups in total. The number of halogens is 2. The number of rotatable bonds is 9. The van der Waals surface area contributed by atoms with Crippen LogP contribution in [-0.2, 0) is 0 Å². The average molecular weight is 621 g/mol. The Labute approximate surface area is 257 Å². The summed E-state index contributed by atoms with van der Waals surface area (Å²) >= 11 is 6.47. The van der Waals surface area contributed by atoms with Gasteiger partial charge in [-0.3, -0.25) is 4.79 Å². The van der Waals surface area contributed by atoms with Crippen molar-refractivity contribution in [1.29, 1.82) is 0 Å². The van der Waals surface area contributed by atoms with Crippen LogP contribution in [0.4, 0.5) is 4.79 Å². The van der Waals surface area contributed by atoms with Gasteiger partial charge in [-0.25, -0.2) is 9.78 Å². The van der Waals surface area contributed by atoms with Gasteiger partial charge in [0.25, 0.3) is 5.91 Å². The van der Waals surface area contributed by atoms with E-state index in [0.717, 1.165) is 48.1 Å². The summed E-state index contributed by atoms with van der Waals surface area (Å²) in [5.74, 6) is 0.402. The van der Waals surface area contributed by atoms with Gasteiger partial charge in [0.2, 0.25) is 0 Å². The van der Waals surface area contributed by atoms with Crippen molar-refractivity contribution in [1.82, 2.24) is 15.2 Å². The van der Waals surface area contributed by atoms with Crippen LogP contribution < -0.4 is 10.1 Å². The number of pyridine rings is 1. The molecule has 1 aromatic heterocycles. The second-order valence-electron chi connectivity index (χ2n) is 10.3. The topological polar surface area (TPSA) is 132 Å². The average Bonchev–Trinajstić information content (AvgIpc) is 2.93. The molecular formula is C31H39Cl2N3O6. The van der Waals surface area contributed by atoms with Crippen LogP contribution in [0.25, 0.3) is 22.4 Å². The quantitative estimate of drug-likeness (QED) is 0.203. The lowest BCUT2D eigenvalue weighted by atomic mass is 9.93. The fourth-order valence-corrected chi connectivity index (χ4v) is 4.87. The fourth-order valence-electron chi connectivity index (χ4n) is 4.70. The van der Waals surface area contributed by atoms with E-state index in [1.807, 2.05) is 50.5 Å². The van der Waals surface area contributed by atoms with Crippen LogP contribution in [-0.4, -0.2) is 76.7 Å². The zero-order valence-corrected chi connectivity index (χ0v) is 25.6. The maximum absolute atomic E-state index is 13.2. The number of hydrogen-bond donors (Lipinski definition) is 4. The molecule has 1 heterocycles. The Morgan fingerprint density at radius 1 is 1.02 bits per heavy atom. The molecule has 11 heteroatoms. The normalized spacial score (nSPS) is 16.0. The van der Waals surface area contributed by atoms with Crippen molar-refractivity contribution >= 4 is 36.1 Å². The van der Waals surface area contributed by atoms with Gasteiger partial charge in [-0.2, -0.15) is 0 Å². The summed E-state index contributed by atoms with van der Waals surface area (Å²) in [7, 11) is 4.07.